The minimum Gasteiger partial charge on any atom is -0.481 e. The summed E-state index contributed by atoms with van der Waals surface area (Å²) in [5, 5.41) is 13.9. The van der Waals surface area contributed by atoms with Gasteiger partial charge in [-0.25, -0.2) is 0 Å². The summed E-state index contributed by atoms with van der Waals surface area (Å²) in [6, 6.07) is 19.7. The lowest BCUT2D eigenvalue weighted by atomic mass is 10.0. The largest absolute Gasteiger partial charge is 0.481 e. The molecule has 0 spiro atoms. The van der Waals surface area contributed by atoms with Gasteiger partial charge in [-0.15, -0.1) is 0 Å². The SMILES string of the molecule is Cc1oc2cc(OC(C)C(=O)Nc3cccc([N+](=O)[O-])c3)ccc2c(=O)c1-c1ccccc1. The highest BCUT2D eigenvalue weighted by Gasteiger charge is 2.18. The molecule has 1 aromatic heterocycles. The fourth-order valence-electron chi connectivity index (χ4n) is 3.50. The van der Waals surface area contributed by atoms with Crippen LogP contribution in [0.2, 0.25) is 0 Å². The van der Waals surface area contributed by atoms with Gasteiger partial charge in [0.1, 0.15) is 17.1 Å². The summed E-state index contributed by atoms with van der Waals surface area (Å²) in [7, 11) is 0. The number of rotatable bonds is 6. The topological polar surface area (TPSA) is 112 Å². The number of carbonyl (C=O) groups is 1. The number of benzene rings is 3. The highest BCUT2D eigenvalue weighted by atomic mass is 16.6. The van der Waals surface area contributed by atoms with E-state index in [0.29, 0.717) is 33.7 Å². The zero-order valence-corrected chi connectivity index (χ0v) is 17.9. The van der Waals surface area contributed by atoms with E-state index in [1.54, 1.807) is 38.1 Å². The first-order chi connectivity index (χ1) is 15.8. The van der Waals surface area contributed by atoms with Crippen LogP contribution in [0, 0.1) is 17.0 Å². The van der Waals surface area contributed by atoms with E-state index < -0.39 is 16.9 Å². The number of nitro benzene ring substituents is 1. The van der Waals surface area contributed by atoms with Gasteiger partial charge < -0.3 is 14.5 Å². The number of hydrogen-bond acceptors (Lipinski definition) is 6. The van der Waals surface area contributed by atoms with Gasteiger partial charge in [0.2, 0.25) is 5.43 Å². The fraction of sp³-hybridized carbons (Fsp3) is 0.120. The normalized spacial score (nSPS) is 11.7. The highest BCUT2D eigenvalue weighted by Crippen LogP contribution is 2.27. The maximum atomic E-state index is 13.1. The van der Waals surface area contributed by atoms with E-state index in [0.717, 1.165) is 5.56 Å². The minimum absolute atomic E-state index is 0.129. The van der Waals surface area contributed by atoms with Gasteiger partial charge in [0.25, 0.3) is 11.6 Å². The number of nitro groups is 1. The molecular weight excluding hydrogens is 424 g/mol. The van der Waals surface area contributed by atoms with E-state index in [-0.39, 0.29) is 11.1 Å². The van der Waals surface area contributed by atoms with E-state index in [1.165, 1.54) is 18.2 Å². The lowest BCUT2D eigenvalue weighted by Gasteiger charge is -2.15. The number of non-ortho nitro benzene ring substituents is 1. The molecule has 0 fully saturated rings. The van der Waals surface area contributed by atoms with Crippen molar-refractivity contribution in [1.29, 1.82) is 0 Å². The first-order valence-corrected chi connectivity index (χ1v) is 10.2. The van der Waals surface area contributed by atoms with Crippen LogP contribution in [-0.4, -0.2) is 16.9 Å². The number of carbonyl (C=O) groups excluding carboxylic acids is 1. The summed E-state index contributed by atoms with van der Waals surface area (Å²) in [6.45, 7) is 3.28. The number of aryl methyl sites for hydroxylation is 1. The van der Waals surface area contributed by atoms with Gasteiger partial charge >= 0.3 is 0 Å². The molecule has 166 valence electrons. The third-order valence-corrected chi connectivity index (χ3v) is 5.11. The van der Waals surface area contributed by atoms with Gasteiger partial charge in [-0.1, -0.05) is 36.4 Å². The monoisotopic (exact) mass is 444 g/mol. The second-order valence-electron chi connectivity index (χ2n) is 7.44. The molecule has 0 saturated heterocycles. The summed E-state index contributed by atoms with van der Waals surface area (Å²) in [5.74, 6) is 0.346. The Balaban J connectivity index is 1.55. The molecule has 1 amide bonds. The Kier molecular flexibility index (Phi) is 5.91. The highest BCUT2D eigenvalue weighted by molar-refractivity contribution is 5.94. The second-order valence-corrected chi connectivity index (χ2v) is 7.44. The van der Waals surface area contributed by atoms with E-state index >= 15 is 0 Å². The first-order valence-electron chi connectivity index (χ1n) is 10.2. The molecule has 33 heavy (non-hydrogen) atoms. The smallest absolute Gasteiger partial charge is 0.271 e. The van der Waals surface area contributed by atoms with Crippen LogP contribution in [0.25, 0.3) is 22.1 Å². The molecule has 3 aromatic carbocycles. The van der Waals surface area contributed by atoms with Crippen molar-refractivity contribution in [2.75, 3.05) is 5.32 Å². The number of anilines is 1. The average molecular weight is 444 g/mol. The predicted molar refractivity (Wildman–Crippen MR) is 124 cm³/mol. The Morgan fingerprint density at radius 3 is 2.55 bits per heavy atom. The number of amides is 1. The molecule has 0 radical (unpaired) electrons. The maximum absolute atomic E-state index is 13.1. The molecule has 1 unspecified atom stereocenters. The molecule has 0 aliphatic heterocycles. The minimum atomic E-state index is -0.905. The number of hydrogen-bond donors (Lipinski definition) is 1. The third-order valence-electron chi connectivity index (χ3n) is 5.11. The van der Waals surface area contributed by atoms with E-state index in [2.05, 4.69) is 5.32 Å². The van der Waals surface area contributed by atoms with Gasteiger partial charge in [0.15, 0.2) is 6.10 Å². The van der Waals surface area contributed by atoms with Crippen molar-refractivity contribution in [2.45, 2.75) is 20.0 Å². The van der Waals surface area contributed by atoms with E-state index in [4.69, 9.17) is 9.15 Å². The fourth-order valence-corrected chi connectivity index (χ4v) is 3.50. The van der Waals surface area contributed by atoms with Gasteiger partial charge in [-0.3, -0.25) is 19.7 Å². The van der Waals surface area contributed by atoms with Crippen LogP contribution >= 0.6 is 0 Å². The number of fused-ring (bicyclic) bond motifs is 1. The predicted octanol–water partition coefficient (Wildman–Crippen LogP) is 5.08. The molecule has 0 aliphatic carbocycles. The number of ether oxygens (including phenoxy) is 1. The van der Waals surface area contributed by atoms with E-state index in [1.807, 2.05) is 30.3 Å². The third kappa shape index (κ3) is 4.59. The molecule has 0 bridgehead atoms. The van der Waals surface area contributed by atoms with Gasteiger partial charge in [0.05, 0.1) is 15.9 Å². The Morgan fingerprint density at radius 2 is 1.82 bits per heavy atom. The van der Waals surface area contributed by atoms with Crippen LogP contribution in [0.4, 0.5) is 11.4 Å². The Hall–Kier alpha value is -4.46. The molecule has 0 aliphatic rings. The summed E-state index contributed by atoms with van der Waals surface area (Å²) >= 11 is 0. The number of nitrogens with one attached hydrogen (secondary N) is 1. The van der Waals surface area contributed by atoms with Gasteiger partial charge in [0, 0.05) is 23.9 Å². The number of nitrogens with zero attached hydrogens (tertiary/aromatic N) is 1. The summed E-state index contributed by atoms with van der Waals surface area (Å²) in [6.07, 6.45) is -0.905. The van der Waals surface area contributed by atoms with Crippen LogP contribution in [-0.2, 0) is 4.79 Å². The second kappa shape index (κ2) is 8.96. The van der Waals surface area contributed by atoms with Gasteiger partial charge in [-0.05, 0) is 37.6 Å². The van der Waals surface area contributed by atoms with Crippen molar-refractivity contribution >= 4 is 28.3 Å². The van der Waals surface area contributed by atoms with E-state index in [9.17, 15) is 19.7 Å². The molecule has 8 nitrogen and oxygen atoms in total. The van der Waals surface area contributed by atoms with Crippen LogP contribution in [0.5, 0.6) is 5.75 Å². The molecule has 4 rings (SSSR count). The average Bonchev–Trinajstić information content (AvgIpc) is 2.79. The van der Waals surface area contributed by atoms with Crippen molar-refractivity contribution in [3.63, 3.8) is 0 Å². The van der Waals surface area contributed by atoms with Crippen LogP contribution in [0.3, 0.4) is 0 Å². The molecule has 1 atom stereocenters. The molecule has 1 heterocycles. The zero-order chi connectivity index (χ0) is 23.5. The Labute approximate surface area is 188 Å². The molecule has 0 saturated carbocycles. The van der Waals surface area contributed by atoms with Crippen LogP contribution in [0.15, 0.2) is 82.0 Å². The molecule has 1 N–H and O–H groups in total. The molecule has 8 heteroatoms. The molecule has 4 aromatic rings. The van der Waals surface area contributed by atoms with Crippen LogP contribution < -0.4 is 15.5 Å². The van der Waals surface area contributed by atoms with Crippen molar-refractivity contribution in [3.05, 3.63) is 98.9 Å². The Morgan fingerprint density at radius 1 is 1.06 bits per heavy atom. The standard InChI is InChI=1S/C25H20N2O6/c1-15-23(17-7-4-3-5-8-17)24(28)21-12-11-20(14-22(21)33-15)32-16(2)25(29)26-18-9-6-10-19(13-18)27(30)31/h3-14,16H,1-2H3,(H,26,29). The van der Waals surface area contributed by atoms with Crippen LogP contribution in [0.1, 0.15) is 12.7 Å². The summed E-state index contributed by atoms with van der Waals surface area (Å²) in [4.78, 5) is 35.9. The maximum Gasteiger partial charge on any atom is 0.271 e. The lowest BCUT2D eigenvalue weighted by Crippen LogP contribution is -2.30. The summed E-state index contributed by atoms with van der Waals surface area (Å²) in [5.41, 5.74) is 1.64. The van der Waals surface area contributed by atoms with Crippen molar-refractivity contribution in [3.8, 4) is 16.9 Å². The van der Waals surface area contributed by atoms with Gasteiger partial charge in [-0.2, -0.15) is 0 Å². The van der Waals surface area contributed by atoms with Crippen molar-refractivity contribution in [2.24, 2.45) is 0 Å². The zero-order valence-electron chi connectivity index (χ0n) is 17.9. The van der Waals surface area contributed by atoms with Crippen molar-refractivity contribution in [1.82, 2.24) is 0 Å². The quantitative estimate of drug-likeness (QED) is 0.328. The molecular formula is C25H20N2O6. The summed E-state index contributed by atoms with van der Waals surface area (Å²) < 4.78 is 11.6. The van der Waals surface area contributed by atoms with Crippen molar-refractivity contribution < 1.29 is 18.9 Å². The Bertz CT molecular complexity index is 1410. The first kappa shape index (κ1) is 21.8. The lowest BCUT2D eigenvalue weighted by molar-refractivity contribution is -0.384.